The van der Waals surface area contributed by atoms with Crippen LogP contribution in [0.2, 0.25) is 0 Å². The van der Waals surface area contributed by atoms with Crippen molar-refractivity contribution in [2.45, 2.75) is 38.5 Å². The molecule has 14 heteroatoms. The molecule has 0 aliphatic carbocycles. The van der Waals surface area contributed by atoms with E-state index in [0.717, 1.165) is 4.57 Å². The molecule has 0 bridgehead atoms. The Morgan fingerprint density at radius 3 is 2.69 bits per heavy atom. The molecule has 3 N–H and O–H groups in total. The van der Waals surface area contributed by atoms with Gasteiger partial charge in [-0.25, -0.2) is 13.8 Å². The summed E-state index contributed by atoms with van der Waals surface area (Å²) in [5.74, 6) is -0.516. The van der Waals surface area contributed by atoms with Crippen molar-refractivity contribution < 1.29 is 18.7 Å². The number of carbonyl (C=O) groups is 1. The minimum Gasteiger partial charge on any atom is -0.496 e. The van der Waals surface area contributed by atoms with E-state index in [1.165, 1.54) is 58.4 Å². The van der Waals surface area contributed by atoms with Gasteiger partial charge in [0.2, 0.25) is 5.91 Å². The van der Waals surface area contributed by atoms with Crippen LogP contribution in [0.5, 0.6) is 5.75 Å². The standard InChI is InChI=1S/C25H28FN7O5S/c1-14-20-22(35)32(17-6-8-28-21(17)34)25(36)31(24(20)39-23(14)33-29-9-10-30-33)13-19(38-11-3-7-27)16-12-15(26)4-5-18(16)37-2/h4-5,9-10,12,17,19H,3,6-8,11,13,27H2,1-2H3,(H,28,34)/t17-,19-/m0/s1. The van der Waals surface area contributed by atoms with Crippen LogP contribution >= 0.6 is 11.3 Å². The number of hydrogen-bond acceptors (Lipinski definition) is 9. The van der Waals surface area contributed by atoms with Gasteiger partial charge in [0.15, 0.2) is 0 Å². The van der Waals surface area contributed by atoms with Crippen molar-refractivity contribution in [2.24, 2.45) is 5.73 Å². The van der Waals surface area contributed by atoms with E-state index < -0.39 is 35.1 Å². The van der Waals surface area contributed by atoms with Crippen molar-refractivity contribution in [2.75, 3.05) is 26.8 Å². The maximum absolute atomic E-state index is 14.4. The number of amides is 1. The lowest BCUT2D eigenvalue weighted by Crippen LogP contribution is -2.44. The Morgan fingerprint density at radius 2 is 2.03 bits per heavy atom. The number of aryl methyl sites for hydroxylation is 1. The number of fused-ring (bicyclic) bond motifs is 1. The van der Waals surface area contributed by atoms with E-state index in [1.54, 1.807) is 6.92 Å². The highest BCUT2D eigenvalue weighted by atomic mass is 32.1. The van der Waals surface area contributed by atoms with Gasteiger partial charge in [-0.1, -0.05) is 11.3 Å². The fraction of sp³-hybridized carbons (Fsp3) is 0.400. The van der Waals surface area contributed by atoms with Gasteiger partial charge in [0.05, 0.1) is 31.4 Å². The molecule has 0 spiro atoms. The van der Waals surface area contributed by atoms with Crippen LogP contribution in [0.25, 0.3) is 15.2 Å². The molecule has 1 fully saturated rings. The fourth-order valence-corrected chi connectivity index (χ4v) is 6.02. The second kappa shape index (κ2) is 11.1. The number of carbonyl (C=O) groups excluding carboxylic acids is 1. The van der Waals surface area contributed by atoms with Crippen LogP contribution in [-0.2, 0) is 16.1 Å². The lowest BCUT2D eigenvalue weighted by Gasteiger charge is -2.23. The lowest BCUT2D eigenvalue weighted by atomic mass is 10.1. The van der Waals surface area contributed by atoms with Gasteiger partial charge in [0.25, 0.3) is 5.56 Å². The minimum absolute atomic E-state index is 0.0831. The van der Waals surface area contributed by atoms with Crippen molar-refractivity contribution in [3.63, 3.8) is 0 Å². The lowest BCUT2D eigenvalue weighted by molar-refractivity contribution is -0.122. The number of hydrogen-bond donors (Lipinski definition) is 2. The van der Waals surface area contributed by atoms with Gasteiger partial charge in [-0.3, -0.25) is 14.2 Å². The first-order chi connectivity index (χ1) is 18.8. The molecule has 4 aromatic rings. The van der Waals surface area contributed by atoms with Crippen LogP contribution in [0.4, 0.5) is 4.39 Å². The van der Waals surface area contributed by atoms with Crippen LogP contribution in [0.1, 0.15) is 36.1 Å². The summed E-state index contributed by atoms with van der Waals surface area (Å²) in [5, 5.41) is 11.9. The summed E-state index contributed by atoms with van der Waals surface area (Å²) in [6, 6.07) is 3.11. The second-order valence-electron chi connectivity index (χ2n) is 9.08. The van der Waals surface area contributed by atoms with Crippen molar-refractivity contribution in [3.05, 3.63) is 68.4 Å². The average molecular weight is 558 g/mol. The molecular weight excluding hydrogens is 529 g/mol. The quantitative estimate of drug-likeness (QED) is 0.278. The largest absolute Gasteiger partial charge is 0.496 e. The van der Waals surface area contributed by atoms with E-state index in [9.17, 15) is 18.8 Å². The normalized spacial score (nSPS) is 16.1. The molecule has 1 aliphatic heterocycles. The Balaban J connectivity index is 1.74. The van der Waals surface area contributed by atoms with Gasteiger partial charge in [0, 0.05) is 24.3 Å². The Hall–Kier alpha value is -3.88. The van der Waals surface area contributed by atoms with Gasteiger partial charge in [-0.15, -0.1) is 4.80 Å². The highest BCUT2D eigenvalue weighted by Crippen LogP contribution is 2.34. The summed E-state index contributed by atoms with van der Waals surface area (Å²) in [5.41, 5.74) is 5.40. The van der Waals surface area contributed by atoms with Crippen LogP contribution < -0.4 is 27.0 Å². The highest BCUT2D eigenvalue weighted by Gasteiger charge is 2.33. The number of halogens is 1. The van der Waals surface area contributed by atoms with Gasteiger partial charge in [-0.05, 0) is 44.5 Å². The molecular formula is C25H28FN7O5S. The number of ether oxygens (including phenoxy) is 2. The molecule has 1 saturated heterocycles. The predicted octanol–water partition coefficient (Wildman–Crippen LogP) is 1.43. The number of benzene rings is 1. The van der Waals surface area contributed by atoms with Crippen molar-refractivity contribution in [1.82, 2.24) is 29.4 Å². The number of nitrogens with zero attached hydrogens (tertiary/aromatic N) is 5. The third-order valence-electron chi connectivity index (χ3n) is 6.70. The van der Waals surface area contributed by atoms with Gasteiger partial charge < -0.3 is 20.5 Å². The summed E-state index contributed by atoms with van der Waals surface area (Å²) < 4.78 is 28.4. The first kappa shape index (κ1) is 26.7. The number of aromatic nitrogens is 5. The maximum atomic E-state index is 14.4. The Morgan fingerprint density at radius 1 is 1.26 bits per heavy atom. The van der Waals surface area contributed by atoms with E-state index in [-0.39, 0.29) is 18.5 Å². The molecule has 39 heavy (non-hydrogen) atoms. The molecule has 1 aromatic carbocycles. The van der Waals surface area contributed by atoms with Crippen molar-refractivity contribution in [3.8, 4) is 10.8 Å². The third-order valence-corrected chi connectivity index (χ3v) is 7.98. The Bertz CT molecular complexity index is 1630. The number of rotatable bonds is 10. The first-order valence-electron chi connectivity index (χ1n) is 12.4. The van der Waals surface area contributed by atoms with Crippen molar-refractivity contribution >= 4 is 27.5 Å². The number of nitrogens with two attached hydrogens (primary N) is 1. The summed E-state index contributed by atoms with van der Waals surface area (Å²) in [7, 11) is 1.46. The molecule has 1 amide bonds. The van der Waals surface area contributed by atoms with Crippen LogP contribution in [-0.4, -0.2) is 56.8 Å². The summed E-state index contributed by atoms with van der Waals surface area (Å²) in [6.07, 6.45) is 3.02. The highest BCUT2D eigenvalue weighted by molar-refractivity contribution is 7.21. The molecule has 2 atom stereocenters. The van der Waals surface area contributed by atoms with Crippen LogP contribution in [0, 0.1) is 12.7 Å². The van der Waals surface area contributed by atoms with E-state index in [2.05, 4.69) is 15.5 Å². The third kappa shape index (κ3) is 4.86. The monoisotopic (exact) mass is 557 g/mol. The SMILES string of the molecule is COc1ccc(F)cc1[C@H](Cn1c(=O)n([C@H]2CCNC2=O)c(=O)c2c(C)c(-n3nccn3)sc21)OCCCN. The molecule has 3 aromatic heterocycles. The second-order valence-corrected chi connectivity index (χ2v) is 10.1. The number of thiophene rings is 1. The molecule has 4 heterocycles. The van der Waals surface area contributed by atoms with E-state index in [1.807, 2.05) is 0 Å². The number of methoxy groups -OCH3 is 1. The molecule has 0 radical (unpaired) electrons. The zero-order valence-corrected chi connectivity index (χ0v) is 22.2. The number of nitrogens with one attached hydrogen (secondary N) is 1. The summed E-state index contributed by atoms with van der Waals surface area (Å²) in [4.78, 5) is 42.1. The van der Waals surface area contributed by atoms with Gasteiger partial charge >= 0.3 is 5.69 Å². The fourth-order valence-electron chi connectivity index (χ4n) is 4.80. The van der Waals surface area contributed by atoms with Crippen LogP contribution in [0.3, 0.4) is 0 Å². The zero-order chi connectivity index (χ0) is 27.7. The van der Waals surface area contributed by atoms with E-state index in [4.69, 9.17) is 15.2 Å². The minimum atomic E-state index is -0.952. The molecule has 0 saturated carbocycles. The average Bonchev–Trinajstić information content (AvgIpc) is 3.67. The molecule has 206 valence electrons. The molecule has 5 rings (SSSR count). The van der Waals surface area contributed by atoms with Gasteiger partial charge in [-0.2, -0.15) is 10.2 Å². The maximum Gasteiger partial charge on any atom is 0.332 e. The topological polar surface area (TPSA) is 148 Å². The molecule has 0 unspecified atom stereocenters. The van der Waals surface area contributed by atoms with E-state index in [0.29, 0.717) is 52.6 Å². The zero-order valence-electron chi connectivity index (χ0n) is 21.4. The first-order valence-corrected chi connectivity index (χ1v) is 13.2. The smallest absolute Gasteiger partial charge is 0.332 e. The van der Waals surface area contributed by atoms with Crippen molar-refractivity contribution in [1.29, 1.82) is 0 Å². The van der Waals surface area contributed by atoms with Gasteiger partial charge in [0.1, 0.15) is 33.5 Å². The Labute approximate surface area is 225 Å². The molecule has 12 nitrogen and oxygen atoms in total. The van der Waals surface area contributed by atoms with E-state index >= 15 is 0 Å². The Kier molecular flexibility index (Phi) is 7.59. The summed E-state index contributed by atoms with van der Waals surface area (Å²) in [6.45, 7) is 2.64. The predicted molar refractivity (Wildman–Crippen MR) is 142 cm³/mol. The summed E-state index contributed by atoms with van der Waals surface area (Å²) >= 11 is 1.17. The van der Waals surface area contributed by atoms with Crippen LogP contribution in [0.15, 0.2) is 40.2 Å². The molecule has 1 aliphatic rings.